The molecule has 0 bridgehead atoms. The molecule has 1 rings (SSSR count). The topological polar surface area (TPSA) is 52.3 Å². The van der Waals surface area contributed by atoms with Gasteiger partial charge in [-0.2, -0.15) is 13.2 Å². The standard InChI is InChI=1S/C11H12F3NO2/c1-2-17-10(16)9-7(6-11(12,13)14)4-3-5-8(9)15/h3-5H,2,6,15H2,1H3. The van der Waals surface area contributed by atoms with E-state index in [1.807, 2.05) is 0 Å². The number of ether oxygens (including phenoxy) is 1. The van der Waals surface area contributed by atoms with Gasteiger partial charge in [0.25, 0.3) is 0 Å². The van der Waals surface area contributed by atoms with Gasteiger partial charge in [-0.1, -0.05) is 12.1 Å². The number of carbonyl (C=O) groups is 1. The molecule has 1 aromatic carbocycles. The number of nitrogen functional groups attached to an aromatic ring is 1. The molecule has 0 fully saturated rings. The van der Waals surface area contributed by atoms with Crippen LogP contribution in [-0.4, -0.2) is 18.8 Å². The van der Waals surface area contributed by atoms with Gasteiger partial charge in [-0.05, 0) is 18.6 Å². The average molecular weight is 247 g/mol. The monoisotopic (exact) mass is 247 g/mol. The molecule has 17 heavy (non-hydrogen) atoms. The lowest BCUT2D eigenvalue weighted by Gasteiger charge is -2.12. The Morgan fingerprint density at radius 2 is 2.06 bits per heavy atom. The van der Waals surface area contributed by atoms with E-state index in [9.17, 15) is 18.0 Å². The highest BCUT2D eigenvalue weighted by atomic mass is 19.4. The second-order valence-corrected chi connectivity index (χ2v) is 3.39. The number of esters is 1. The van der Waals surface area contributed by atoms with Crippen LogP contribution in [0.1, 0.15) is 22.8 Å². The van der Waals surface area contributed by atoms with E-state index in [4.69, 9.17) is 5.73 Å². The van der Waals surface area contributed by atoms with Gasteiger partial charge in [-0.3, -0.25) is 0 Å². The highest BCUT2D eigenvalue weighted by Gasteiger charge is 2.30. The van der Waals surface area contributed by atoms with Crippen molar-refractivity contribution >= 4 is 11.7 Å². The van der Waals surface area contributed by atoms with Gasteiger partial charge in [-0.25, -0.2) is 4.79 Å². The van der Waals surface area contributed by atoms with Crippen molar-refractivity contribution in [2.24, 2.45) is 0 Å². The lowest BCUT2D eigenvalue weighted by molar-refractivity contribution is -0.127. The minimum Gasteiger partial charge on any atom is -0.462 e. The fourth-order valence-corrected chi connectivity index (χ4v) is 1.44. The molecular weight excluding hydrogens is 235 g/mol. The summed E-state index contributed by atoms with van der Waals surface area (Å²) in [4.78, 5) is 11.5. The van der Waals surface area contributed by atoms with E-state index in [-0.39, 0.29) is 23.4 Å². The summed E-state index contributed by atoms with van der Waals surface area (Å²) in [5.41, 5.74) is 5.12. The average Bonchev–Trinajstić information content (AvgIpc) is 2.15. The first-order chi connectivity index (χ1) is 7.85. The highest BCUT2D eigenvalue weighted by molar-refractivity contribution is 5.96. The van der Waals surface area contributed by atoms with E-state index in [2.05, 4.69) is 4.74 Å². The van der Waals surface area contributed by atoms with E-state index >= 15 is 0 Å². The second kappa shape index (κ2) is 5.07. The van der Waals surface area contributed by atoms with Crippen LogP contribution in [0.4, 0.5) is 18.9 Å². The van der Waals surface area contributed by atoms with Crippen molar-refractivity contribution in [1.29, 1.82) is 0 Å². The number of hydrogen-bond acceptors (Lipinski definition) is 3. The van der Waals surface area contributed by atoms with Crippen LogP contribution in [-0.2, 0) is 11.2 Å². The molecule has 0 unspecified atom stereocenters. The summed E-state index contributed by atoms with van der Waals surface area (Å²) in [7, 11) is 0. The number of anilines is 1. The quantitative estimate of drug-likeness (QED) is 0.659. The largest absolute Gasteiger partial charge is 0.462 e. The summed E-state index contributed by atoms with van der Waals surface area (Å²) in [6.45, 7) is 1.65. The summed E-state index contributed by atoms with van der Waals surface area (Å²) in [6, 6.07) is 3.96. The second-order valence-electron chi connectivity index (χ2n) is 3.39. The van der Waals surface area contributed by atoms with E-state index in [0.29, 0.717) is 0 Å². The SMILES string of the molecule is CCOC(=O)c1c(N)cccc1CC(F)(F)F. The van der Waals surface area contributed by atoms with Gasteiger partial charge in [0, 0.05) is 5.69 Å². The zero-order valence-electron chi connectivity index (χ0n) is 9.17. The fraction of sp³-hybridized carbons (Fsp3) is 0.364. The van der Waals surface area contributed by atoms with Crippen LogP contribution in [0.5, 0.6) is 0 Å². The first-order valence-electron chi connectivity index (χ1n) is 4.96. The van der Waals surface area contributed by atoms with E-state index in [1.54, 1.807) is 6.92 Å². The summed E-state index contributed by atoms with van der Waals surface area (Å²) in [5.74, 6) is -0.829. The first-order valence-corrected chi connectivity index (χ1v) is 4.96. The minimum absolute atomic E-state index is 0.00907. The molecule has 1 aromatic rings. The van der Waals surface area contributed by atoms with Crippen molar-refractivity contribution in [1.82, 2.24) is 0 Å². The van der Waals surface area contributed by atoms with Crippen molar-refractivity contribution in [3.05, 3.63) is 29.3 Å². The smallest absolute Gasteiger partial charge is 0.393 e. The molecule has 0 aliphatic rings. The molecule has 0 atom stereocenters. The van der Waals surface area contributed by atoms with Crippen LogP contribution in [0.15, 0.2) is 18.2 Å². The summed E-state index contributed by atoms with van der Waals surface area (Å²) >= 11 is 0. The third kappa shape index (κ3) is 3.65. The molecule has 0 aliphatic carbocycles. The number of halogens is 3. The maximum atomic E-state index is 12.3. The number of alkyl halides is 3. The number of nitrogens with two attached hydrogens (primary N) is 1. The van der Waals surface area contributed by atoms with Crippen molar-refractivity contribution < 1.29 is 22.7 Å². The van der Waals surface area contributed by atoms with E-state index < -0.39 is 18.6 Å². The first kappa shape index (κ1) is 13.3. The van der Waals surface area contributed by atoms with Crippen LogP contribution < -0.4 is 5.73 Å². The van der Waals surface area contributed by atoms with E-state index in [1.165, 1.54) is 18.2 Å². The molecule has 0 saturated carbocycles. The number of rotatable bonds is 3. The van der Waals surface area contributed by atoms with Crippen molar-refractivity contribution in [2.45, 2.75) is 19.5 Å². The molecule has 0 amide bonds. The third-order valence-electron chi connectivity index (χ3n) is 2.05. The maximum Gasteiger partial charge on any atom is 0.393 e. The van der Waals surface area contributed by atoms with Crippen LogP contribution in [0.25, 0.3) is 0 Å². The van der Waals surface area contributed by atoms with Gasteiger partial charge in [-0.15, -0.1) is 0 Å². The molecular formula is C11H12F3NO2. The summed E-state index contributed by atoms with van der Waals surface area (Å²) in [6.07, 6.45) is -5.60. The fourth-order valence-electron chi connectivity index (χ4n) is 1.44. The maximum absolute atomic E-state index is 12.3. The molecule has 0 saturated heterocycles. The minimum atomic E-state index is -4.39. The van der Waals surface area contributed by atoms with Gasteiger partial charge in [0.05, 0.1) is 18.6 Å². The molecule has 94 valence electrons. The van der Waals surface area contributed by atoms with Gasteiger partial charge < -0.3 is 10.5 Å². The Labute approximate surface area is 96.4 Å². The third-order valence-corrected chi connectivity index (χ3v) is 2.05. The molecule has 3 nitrogen and oxygen atoms in total. The van der Waals surface area contributed by atoms with Crippen molar-refractivity contribution in [3.8, 4) is 0 Å². The molecule has 2 N–H and O–H groups in total. The molecule has 0 radical (unpaired) electrons. The Hall–Kier alpha value is -1.72. The molecule has 0 aliphatic heterocycles. The number of hydrogen-bond donors (Lipinski definition) is 1. The molecule has 0 spiro atoms. The lowest BCUT2D eigenvalue weighted by atomic mass is 10.0. The predicted octanol–water partition coefficient (Wildman–Crippen LogP) is 2.55. The Balaban J connectivity index is 3.13. The molecule has 0 aromatic heterocycles. The Bertz CT molecular complexity index is 416. The normalized spacial score (nSPS) is 11.3. The summed E-state index contributed by atoms with van der Waals surface area (Å²) < 4.78 is 41.6. The van der Waals surface area contributed by atoms with Crippen LogP contribution >= 0.6 is 0 Å². The van der Waals surface area contributed by atoms with Crippen molar-refractivity contribution in [3.63, 3.8) is 0 Å². The van der Waals surface area contributed by atoms with Crippen LogP contribution in [0.2, 0.25) is 0 Å². The molecule has 0 heterocycles. The van der Waals surface area contributed by atoms with Crippen molar-refractivity contribution in [2.75, 3.05) is 12.3 Å². The lowest BCUT2D eigenvalue weighted by Crippen LogP contribution is -2.17. The summed E-state index contributed by atoms with van der Waals surface area (Å²) in [5, 5.41) is 0. The highest BCUT2D eigenvalue weighted by Crippen LogP contribution is 2.26. The zero-order chi connectivity index (χ0) is 13.1. The van der Waals surface area contributed by atoms with E-state index in [0.717, 1.165) is 0 Å². The van der Waals surface area contributed by atoms with Gasteiger partial charge >= 0.3 is 12.1 Å². The number of benzene rings is 1. The Morgan fingerprint density at radius 1 is 1.41 bits per heavy atom. The van der Waals surface area contributed by atoms with Gasteiger partial charge in [0.15, 0.2) is 0 Å². The number of carbonyl (C=O) groups excluding carboxylic acids is 1. The van der Waals surface area contributed by atoms with Gasteiger partial charge in [0.2, 0.25) is 0 Å². The zero-order valence-corrected chi connectivity index (χ0v) is 9.17. The Morgan fingerprint density at radius 3 is 2.59 bits per heavy atom. The van der Waals surface area contributed by atoms with Crippen LogP contribution in [0.3, 0.4) is 0 Å². The van der Waals surface area contributed by atoms with Gasteiger partial charge in [0.1, 0.15) is 0 Å². The molecule has 6 heteroatoms. The van der Waals surface area contributed by atoms with Crippen LogP contribution in [0, 0.1) is 0 Å². The Kier molecular flexibility index (Phi) is 3.98. The predicted molar refractivity (Wildman–Crippen MR) is 56.6 cm³/mol.